The minimum atomic E-state index is -0.328. The number of nitrogen functional groups attached to an aromatic ring is 1. The van der Waals surface area contributed by atoms with E-state index < -0.39 is 0 Å². The molecule has 0 heterocycles. The monoisotopic (exact) mass is 207 g/mol. The maximum absolute atomic E-state index is 10.9. The van der Waals surface area contributed by atoms with Crippen molar-refractivity contribution in [3.8, 4) is 0 Å². The molecule has 1 amide bonds. The summed E-state index contributed by atoms with van der Waals surface area (Å²) in [6.45, 7) is 3.09. The van der Waals surface area contributed by atoms with Gasteiger partial charge in [-0.05, 0) is 24.6 Å². The van der Waals surface area contributed by atoms with E-state index in [-0.39, 0.29) is 12.5 Å². The van der Waals surface area contributed by atoms with Crippen LogP contribution in [0.2, 0.25) is 0 Å². The first-order valence-corrected chi connectivity index (χ1v) is 5.02. The molecule has 0 aliphatic heterocycles. The molecule has 0 saturated carbocycles. The van der Waals surface area contributed by atoms with Crippen molar-refractivity contribution in [1.82, 2.24) is 0 Å². The molecule has 0 radical (unpaired) electrons. The van der Waals surface area contributed by atoms with E-state index in [1.807, 2.05) is 29.2 Å². The third-order valence-corrected chi connectivity index (χ3v) is 2.08. The van der Waals surface area contributed by atoms with Gasteiger partial charge in [0.25, 0.3) is 0 Å². The molecule has 4 heteroatoms. The van der Waals surface area contributed by atoms with E-state index in [0.29, 0.717) is 5.69 Å². The van der Waals surface area contributed by atoms with Crippen LogP contribution in [0.25, 0.3) is 0 Å². The summed E-state index contributed by atoms with van der Waals surface area (Å²) in [5, 5.41) is 0. The molecule has 0 bridgehead atoms. The maximum atomic E-state index is 10.9. The molecule has 4 N–H and O–H groups in total. The third kappa shape index (κ3) is 3.50. The number of benzene rings is 1. The van der Waals surface area contributed by atoms with Crippen LogP contribution < -0.4 is 16.4 Å². The summed E-state index contributed by atoms with van der Waals surface area (Å²) >= 11 is 0. The van der Waals surface area contributed by atoms with Gasteiger partial charge in [-0.2, -0.15) is 0 Å². The second-order valence-corrected chi connectivity index (χ2v) is 3.48. The summed E-state index contributed by atoms with van der Waals surface area (Å²) in [6.07, 6.45) is 0.960. The number of primary amides is 1. The summed E-state index contributed by atoms with van der Waals surface area (Å²) < 4.78 is 0. The van der Waals surface area contributed by atoms with Gasteiger partial charge in [-0.1, -0.05) is 13.0 Å². The lowest BCUT2D eigenvalue weighted by atomic mass is 10.2. The Bertz CT molecular complexity index is 338. The highest BCUT2D eigenvalue weighted by atomic mass is 16.1. The molecule has 0 spiro atoms. The van der Waals surface area contributed by atoms with Crippen LogP contribution in [0.4, 0.5) is 11.4 Å². The van der Waals surface area contributed by atoms with Crippen LogP contribution in [0.5, 0.6) is 0 Å². The lowest BCUT2D eigenvalue weighted by Gasteiger charge is -2.22. The molecule has 15 heavy (non-hydrogen) atoms. The molecule has 0 saturated heterocycles. The number of nitrogens with two attached hydrogens (primary N) is 2. The number of nitrogens with zero attached hydrogens (tertiary/aromatic N) is 1. The molecule has 0 unspecified atom stereocenters. The minimum Gasteiger partial charge on any atom is -0.399 e. The predicted octanol–water partition coefficient (Wildman–Crippen LogP) is 0.970. The quantitative estimate of drug-likeness (QED) is 0.707. The second kappa shape index (κ2) is 5.24. The Balaban J connectivity index is 2.83. The summed E-state index contributed by atoms with van der Waals surface area (Å²) in [5.74, 6) is -0.328. The van der Waals surface area contributed by atoms with Crippen molar-refractivity contribution in [2.24, 2.45) is 5.73 Å². The molecule has 0 atom stereocenters. The first-order chi connectivity index (χ1) is 7.13. The Morgan fingerprint density at radius 2 is 2.20 bits per heavy atom. The zero-order chi connectivity index (χ0) is 11.3. The van der Waals surface area contributed by atoms with E-state index in [4.69, 9.17) is 11.5 Å². The van der Waals surface area contributed by atoms with Crippen LogP contribution in [0.15, 0.2) is 24.3 Å². The van der Waals surface area contributed by atoms with Gasteiger partial charge in [0.15, 0.2) is 0 Å². The molecule has 1 aromatic carbocycles. The molecule has 0 aliphatic carbocycles. The smallest absolute Gasteiger partial charge is 0.236 e. The van der Waals surface area contributed by atoms with Crippen LogP contribution >= 0.6 is 0 Å². The molecule has 4 nitrogen and oxygen atoms in total. The summed E-state index contributed by atoms with van der Waals surface area (Å²) in [5.41, 5.74) is 12.5. The largest absolute Gasteiger partial charge is 0.399 e. The molecule has 1 rings (SSSR count). The van der Waals surface area contributed by atoms with Crippen molar-refractivity contribution in [3.63, 3.8) is 0 Å². The van der Waals surface area contributed by atoms with Crippen LogP contribution in [0.1, 0.15) is 13.3 Å². The van der Waals surface area contributed by atoms with Crippen molar-refractivity contribution in [3.05, 3.63) is 24.3 Å². The first-order valence-electron chi connectivity index (χ1n) is 5.02. The zero-order valence-corrected chi connectivity index (χ0v) is 8.94. The van der Waals surface area contributed by atoms with Gasteiger partial charge in [-0.15, -0.1) is 0 Å². The lowest BCUT2D eigenvalue weighted by Crippen LogP contribution is -2.34. The highest BCUT2D eigenvalue weighted by Crippen LogP contribution is 2.17. The van der Waals surface area contributed by atoms with Crippen LogP contribution in [-0.4, -0.2) is 19.0 Å². The highest BCUT2D eigenvalue weighted by molar-refractivity contribution is 5.79. The van der Waals surface area contributed by atoms with Gasteiger partial charge in [0, 0.05) is 17.9 Å². The van der Waals surface area contributed by atoms with Crippen molar-refractivity contribution >= 4 is 17.3 Å². The molecule has 0 aromatic heterocycles. The van der Waals surface area contributed by atoms with Gasteiger partial charge in [0.1, 0.15) is 0 Å². The summed E-state index contributed by atoms with van der Waals surface area (Å²) in [4.78, 5) is 12.8. The number of hydrogen-bond donors (Lipinski definition) is 2. The predicted molar refractivity (Wildman–Crippen MR) is 62.6 cm³/mol. The van der Waals surface area contributed by atoms with Crippen LogP contribution in [0, 0.1) is 0 Å². The Kier molecular flexibility index (Phi) is 3.97. The first kappa shape index (κ1) is 11.4. The summed E-state index contributed by atoms with van der Waals surface area (Å²) in [6, 6.07) is 7.46. The topological polar surface area (TPSA) is 72.3 Å². The van der Waals surface area contributed by atoms with Gasteiger partial charge >= 0.3 is 0 Å². The highest BCUT2D eigenvalue weighted by Gasteiger charge is 2.08. The van der Waals surface area contributed by atoms with Gasteiger partial charge in [-0.3, -0.25) is 4.79 Å². The number of carbonyl (C=O) groups is 1. The van der Waals surface area contributed by atoms with Crippen LogP contribution in [0.3, 0.4) is 0 Å². The van der Waals surface area contributed by atoms with E-state index in [1.165, 1.54) is 0 Å². The molecule has 82 valence electrons. The van der Waals surface area contributed by atoms with E-state index >= 15 is 0 Å². The Labute approximate surface area is 89.9 Å². The molecule has 0 aliphatic rings. The van der Waals surface area contributed by atoms with E-state index in [0.717, 1.165) is 18.7 Å². The number of hydrogen-bond acceptors (Lipinski definition) is 3. The number of anilines is 2. The number of rotatable bonds is 5. The molecular weight excluding hydrogens is 190 g/mol. The fourth-order valence-electron chi connectivity index (χ4n) is 1.48. The van der Waals surface area contributed by atoms with Gasteiger partial charge < -0.3 is 16.4 Å². The van der Waals surface area contributed by atoms with E-state index in [2.05, 4.69) is 6.92 Å². The SMILES string of the molecule is CCCN(CC(N)=O)c1cccc(N)c1. The maximum Gasteiger partial charge on any atom is 0.236 e. The molecular formula is C11H17N3O. The Hall–Kier alpha value is -1.71. The van der Waals surface area contributed by atoms with Gasteiger partial charge in [0.2, 0.25) is 5.91 Å². The number of amides is 1. The van der Waals surface area contributed by atoms with E-state index in [1.54, 1.807) is 0 Å². The normalized spacial score (nSPS) is 9.93. The standard InChI is InChI=1S/C11H17N3O/c1-2-6-14(8-11(13)15)10-5-3-4-9(12)7-10/h3-5,7H,2,6,8,12H2,1H3,(H2,13,15). The average molecular weight is 207 g/mol. The van der Waals surface area contributed by atoms with Crippen molar-refractivity contribution in [2.75, 3.05) is 23.7 Å². The van der Waals surface area contributed by atoms with Crippen molar-refractivity contribution < 1.29 is 4.79 Å². The fraction of sp³-hybridized carbons (Fsp3) is 0.364. The zero-order valence-electron chi connectivity index (χ0n) is 8.94. The van der Waals surface area contributed by atoms with E-state index in [9.17, 15) is 4.79 Å². The average Bonchev–Trinajstić information content (AvgIpc) is 2.16. The summed E-state index contributed by atoms with van der Waals surface area (Å²) in [7, 11) is 0. The van der Waals surface area contributed by atoms with Crippen LogP contribution in [-0.2, 0) is 4.79 Å². The van der Waals surface area contributed by atoms with Crippen molar-refractivity contribution in [2.45, 2.75) is 13.3 Å². The third-order valence-electron chi connectivity index (χ3n) is 2.08. The van der Waals surface area contributed by atoms with Gasteiger partial charge in [0.05, 0.1) is 6.54 Å². The molecule has 0 fully saturated rings. The van der Waals surface area contributed by atoms with Crippen molar-refractivity contribution in [1.29, 1.82) is 0 Å². The molecule has 1 aromatic rings. The fourth-order valence-corrected chi connectivity index (χ4v) is 1.48. The second-order valence-electron chi connectivity index (χ2n) is 3.48. The minimum absolute atomic E-state index is 0.233. The van der Waals surface area contributed by atoms with Gasteiger partial charge in [-0.25, -0.2) is 0 Å². The lowest BCUT2D eigenvalue weighted by molar-refractivity contribution is -0.116. The Morgan fingerprint density at radius 1 is 1.47 bits per heavy atom. The Morgan fingerprint density at radius 3 is 2.73 bits per heavy atom. The number of carbonyl (C=O) groups excluding carboxylic acids is 1.